The minimum atomic E-state index is -3.77. The molecule has 0 aliphatic heterocycles. The highest BCUT2D eigenvalue weighted by atomic mass is 79.9. The van der Waals surface area contributed by atoms with Gasteiger partial charge in [0, 0.05) is 11.9 Å². The minimum absolute atomic E-state index is 0.0570. The van der Waals surface area contributed by atoms with Crippen LogP contribution in [0.3, 0.4) is 0 Å². The summed E-state index contributed by atoms with van der Waals surface area (Å²) in [6.45, 7) is 4.02. The van der Waals surface area contributed by atoms with Gasteiger partial charge in [0.1, 0.15) is 11.6 Å². The number of nitrogens with zero attached hydrogens (tertiary/aromatic N) is 1. The minimum Gasteiger partial charge on any atom is -0.483 e. The molecule has 0 spiro atoms. The number of hydrogen-bond acceptors (Lipinski definition) is 5. The van der Waals surface area contributed by atoms with E-state index in [-0.39, 0.29) is 23.2 Å². The molecule has 1 amide bonds. The van der Waals surface area contributed by atoms with Gasteiger partial charge in [-0.25, -0.2) is 13.4 Å². The van der Waals surface area contributed by atoms with Gasteiger partial charge < -0.3 is 10.1 Å². The fraction of sp³-hybridized carbons (Fsp3) is 0.182. The number of rotatable bonds is 8. The van der Waals surface area contributed by atoms with Gasteiger partial charge in [-0.2, -0.15) is 0 Å². The third kappa shape index (κ3) is 6.28. The zero-order valence-electron chi connectivity index (χ0n) is 17.0. The van der Waals surface area contributed by atoms with E-state index in [2.05, 4.69) is 44.8 Å². The summed E-state index contributed by atoms with van der Waals surface area (Å²) in [5, 5.41) is 2.68. The summed E-state index contributed by atoms with van der Waals surface area (Å²) < 4.78 is 33.6. The summed E-state index contributed by atoms with van der Waals surface area (Å²) >= 11 is 3.46. The largest absolute Gasteiger partial charge is 0.483 e. The Hall–Kier alpha value is -2.91. The first-order valence-electron chi connectivity index (χ1n) is 9.50. The molecule has 0 unspecified atom stereocenters. The average Bonchev–Trinajstić information content (AvgIpc) is 2.73. The van der Waals surface area contributed by atoms with E-state index in [0.717, 1.165) is 10.0 Å². The van der Waals surface area contributed by atoms with Crippen molar-refractivity contribution in [2.75, 3.05) is 16.6 Å². The van der Waals surface area contributed by atoms with Crippen LogP contribution in [-0.2, 0) is 14.8 Å². The molecule has 31 heavy (non-hydrogen) atoms. The van der Waals surface area contributed by atoms with E-state index in [1.165, 1.54) is 30.5 Å². The number of anilines is 2. The normalized spacial score (nSPS) is 11.2. The lowest BCUT2D eigenvalue weighted by molar-refractivity contribution is -0.118. The Morgan fingerprint density at radius 2 is 1.84 bits per heavy atom. The third-order valence-electron chi connectivity index (χ3n) is 4.33. The van der Waals surface area contributed by atoms with E-state index in [9.17, 15) is 13.2 Å². The zero-order valence-corrected chi connectivity index (χ0v) is 19.4. The molecule has 7 nitrogen and oxygen atoms in total. The second kappa shape index (κ2) is 9.93. The summed E-state index contributed by atoms with van der Waals surface area (Å²) in [6, 6.07) is 16.5. The van der Waals surface area contributed by atoms with Crippen LogP contribution in [0.2, 0.25) is 0 Å². The maximum Gasteiger partial charge on any atom is 0.263 e. The van der Waals surface area contributed by atoms with Crippen molar-refractivity contribution >= 4 is 43.4 Å². The first kappa shape index (κ1) is 22.8. The first-order valence-corrected chi connectivity index (χ1v) is 11.8. The molecule has 0 fully saturated rings. The van der Waals surface area contributed by atoms with Crippen LogP contribution in [-0.4, -0.2) is 25.9 Å². The second-order valence-corrected chi connectivity index (χ2v) is 9.56. The van der Waals surface area contributed by atoms with E-state index < -0.39 is 10.0 Å². The van der Waals surface area contributed by atoms with E-state index in [1.54, 1.807) is 18.2 Å². The van der Waals surface area contributed by atoms with Gasteiger partial charge >= 0.3 is 0 Å². The lowest BCUT2D eigenvalue weighted by atomic mass is 10.0. The van der Waals surface area contributed by atoms with Crippen molar-refractivity contribution in [3.8, 4) is 5.75 Å². The fourth-order valence-corrected chi connectivity index (χ4v) is 4.19. The molecule has 162 valence electrons. The van der Waals surface area contributed by atoms with Crippen molar-refractivity contribution in [3.05, 3.63) is 76.9 Å². The maximum atomic E-state index is 12.4. The molecular weight excluding hydrogens is 482 g/mol. The zero-order chi connectivity index (χ0) is 22.4. The standard InChI is InChI=1S/C22H22BrN3O4S/c1-15(2)16-6-11-20(19(23)13-16)30-14-22(27)25-17-7-9-18(10-8-17)31(28,29)26-21-5-3-4-12-24-21/h3-13,15H,14H2,1-2H3,(H,24,26)(H,25,27). The predicted octanol–water partition coefficient (Wildman–Crippen LogP) is 4.79. The number of benzene rings is 2. The van der Waals surface area contributed by atoms with Gasteiger partial charge in [-0.05, 0) is 75.9 Å². The average molecular weight is 504 g/mol. The van der Waals surface area contributed by atoms with Crippen molar-refractivity contribution in [1.29, 1.82) is 0 Å². The Bertz CT molecular complexity index is 1150. The number of ether oxygens (including phenoxy) is 1. The molecule has 3 aromatic rings. The lowest BCUT2D eigenvalue weighted by Crippen LogP contribution is -2.20. The van der Waals surface area contributed by atoms with Gasteiger partial charge in [0.2, 0.25) is 0 Å². The predicted molar refractivity (Wildman–Crippen MR) is 124 cm³/mol. The van der Waals surface area contributed by atoms with Crippen molar-refractivity contribution in [3.63, 3.8) is 0 Å². The molecule has 1 aromatic heterocycles. The van der Waals surface area contributed by atoms with Crippen LogP contribution in [0.25, 0.3) is 0 Å². The summed E-state index contributed by atoms with van der Waals surface area (Å²) in [4.78, 5) is 16.2. The molecule has 9 heteroatoms. The highest BCUT2D eigenvalue weighted by molar-refractivity contribution is 9.10. The number of nitrogens with one attached hydrogen (secondary N) is 2. The SMILES string of the molecule is CC(C)c1ccc(OCC(=O)Nc2ccc(S(=O)(=O)Nc3ccccn3)cc2)c(Br)c1. The highest BCUT2D eigenvalue weighted by Crippen LogP contribution is 2.29. The molecule has 0 aliphatic rings. The molecule has 3 rings (SSSR count). The van der Waals surface area contributed by atoms with Crippen LogP contribution in [0.1, 0.15) is 25.3 Å². The lowest BCUT2D eigenvalue weighted by Gasteiger charge is -2.12. The first-order chi connectivity index (χ1) is 14.7. The monoisotopic (exact) mass is 503 g/mol. The summed E-state index contributed by atoms with van der Waals surface area (Å²) in [5.41, 5.74) is 1.62. The van der Waals surface area contributed by atoms with E-state index in [1.807, 2.05) is 18.2 Å². The summed E-state index contributed by atoms with van der Waals surface area (Å²) in [6.07, 6.45) is 1.50. The van der Waals surface area contributed by atoms with Crippen LogP contribution in [0.15, 0.2) is 76.2 Å². The second-order valence-electron chi connectivity index (χ2n) is 7.03. The van der Waals surface area contributed by atoms with Crippen molar-refractivity contribution in [1.82, 2.24) is 4.98 Å². The Morgan fingerprint density at radius 3 is 2.45 bits per heavy atom. The number of carbonyl (C=O) groups excluding carboxylic acids is 1. The number of hydrogen-bond donors (Lipinski definition) is 2. The van der Waals surface area contributed by atoms with Gasteiger partial charge in [0.25, 0.3) is 15.9 Å². The van der Waals surface area contributed by atoms with Crippen LogP contribution in [0.5, 0.6) is 5.75 Å². The number of pyridine rings is 1. The smallest absolute Gasteiger partial charge is 0.263 e. The van der Waals surface area contributed by atoms with Gasteiger partial charge in [0.15, 0.2) is 6.61 Å². The van der Waals surface area contributed by atoms with E-state index in [4.69, 9.17) is 4.74 Å². The Kier molecular flexibility index (Phi) is 7.29. The molecule has 0 atom stereocenters. The quantitative estimate of drug-likeness (QED) is 0.460. The fourth-order valence-electron chi connectivity index (χ4n) is 2.67. The highest BCUT2D eigenvalue weighted by Gasteiger charge is 2.15. The van der Waals surface area contributed by atoms with Gasteiger partial charge in [-0.3, -0.25) is 9.52 Å². The molecule has 0 radical (unpaired) electrons. The Labute approximate surface area is 190 Å². The molecule has 0 saturated carbocycles. The number of sulfonamides is 1. The van der Waals surface area contributed by atoms with Crippen molar-refractivity contribution in [2.45, 2.75) is 24.7 Å². The van der Waals surface area contributed by atoms with Crippen LogP contribution >= 0.6 is 15.9 Å². The molecule has 0 saturated heterocycles. The van der Waals surface area contributed by atoms with E-state index >= 15 is 0 Å². The number of amides is 1. The molecule has 2 N–H and O–H groups in total. The molecule has 0 bridgehead atoms. The van der Waals surface area contributed by atoms with E-state index in [0.29, 0.717) is 17.4 Å². The number of aromatic nitrogens is 1. The van der Waals surface area contributed by atoms with Crippen LogP contribution in [0.4, 0.5) is 11.5 Å². The topological polar surface area (TPSA) is 97.4 Å². The number of carbonyl (C=O) groups is 1. The number of halogens is 1. The van der Waals surface area contributed by atoms with Crippen molar-refractivity contribution < 1.29 is 17.9 Å². The van der Waals surface area contributed by atoms with Gasteiger partial charge in [0.05, 0.1) is 9.37 Å². The molecule has 1 heterocycles. The third-order valence-corrected chi connectivity index (χ3v) is 6.32. The van der Waals surface area contributed by atoms with Gasteiger partial charge in [-0.15, -0.1) is 0 Å². The molecule has 2 aromatic carbocycles. The summed E-state index contributed by atoms with van der Waals surface area (Å²) in [5.74, 6) is 0.827. The molecule has 0 aliphatic carbocycles. The van der Waals surface area contributed by atoms with Crippen LogP contribution in [0, 0.1) is 0 Å². The Balaban J connectivity index is 1.57. The maximum absolute atomic E-state index is 12.4. The Morgan fingerprint density at radius 1 is 1.10 bits per heavy atom. The molecular formula is C22H22BrN3O4S. The van der Waals surface area contributed by atoms with Crippen LogP contribution < -0.4 is 14.8 Å². The summed E-state index contributed by atoms with van der Waals surface area (Å²) in [7, 11) is -3.77. The van der Waals surface area contributed by atoms with Gasteiger partial charge in [-0.1, -0.05) is 26.0 Å². The van der Waals surface area contributed by atoms with Crippen molar-refractivity contribution in [2.24, 2.45) is 0 Å².